The summed E-state index contributed by atoms with van der Waals surface area (Å²) in [4.78, 5) is 13.1. The van der Waals surface area contributed by atoms with Crippen molar-refractivity contribution in [1.82, 2.24) is 0 Å². The largest absolute Gasteiger partial charge is 0.496 e. The molecule has 3 aromatic carbocycles. The van der Waals surface area contributed by atoms with E-state index in [1.54, 1.807) is 45.6 Å². The lowest BCUT2D eigenvalue weighted by Crippen LogP contribution is -2.01. The molecule has 33 heavy (non-hydrogen) atoms. The third-order valence-corrected chi connectivity index (χ3v) is 5.49. The zero-order chi connectivity index (χ0) is 23.5. The van der Waals surface area contributed by atoms with Crippen molar-refractivity contribution in [2.75, 3.05) is 21.3 Å². The summed E-state index contributed by atoms with van der Waals surface area (Å²) in [7, 11) is 4.66. The first-order valence-electron chi connectivity index (χ1n) is 10.5. The van der Waals surface area contributed by atoms with Crippen LogP contribution in [0.3, 0.4) is 0 Å². The maximum absolute atomic E-state index is 13.1. The summed E-state index contributed by atoms with van der Waals surface area (Å²) >= 11 is 0. The average Bonchev–Trinajstić information content (AvgIpc) is 3.13. The number of ketones is 1. The molecule has 1 aliphatic heterocycles. The number of fused-ring (bicyclic) bond motifs is 1. The summed E-state index contributed by atoms with van der Waals surface area (Å²) < 4.78 is 28.1. The van der Waals surface area contributed by atoms with Gasteiger partial charge in [0.05, 0.1) is 26.9 Å². The van der Waals surface area contributed by atoms with E-state index >= 15 is 0 Å². The maximum Gasteiger partial charge on any atom is 0.232 e. The van der Waals surface area contributed by atoms with Gasteiger partial charge in [-0.15, -0.1) is 0 Å². The number of carbonyl (C=O) groups is 1. The minimum atomic E-state index is -0.190. The van der Waals surface area contributed by atoms with Crippen LogP contribution in [0, 0.1) is 13.8 Å². The third-order valence-electron chi connectivity index (χ3n) is 5.49. The van der Waals surface area contributed by atoms with Crippen LogP contribution in [-0.2, 0) is 6.61 Å². The summed E-state index contributed by atoms with van der Waals surface area (Å²) in [5.74, 6) is 2.72. The summed E-state index contributed by atoms with van der Waals surface area (Å²) in [6, 6.07) is 15.2. The number of hydrogen-bond acceptors (Lipinski definition) is 6. The van der Waals surface area contributed by atoms with Crippen molar-refractivity contribution in [1.29, 1.82) is 0 Å². The van der Waals surface area contributed by atoms with Crippen LogP contribution in [0.5, 0.6) is 28.7 Å². The van der Waals surface area contributed by atoms with Gasteiger partial charge >= 0.3 is 0 Å². The molecular weight excluding hydrogens is 420 g/mol. The minimum absolute atomic E-state index is 0.190. The van der Waals surface area contributed by atoms with E-state index in [1.807, 2.05) is 44.2 Å². The number of benzene rings is 3. The molecule has 0 spiro atoms. The topological polar surface area (TPSA) is 63.2 Å². The number of methoxy groups -OCH3 is 3. The molecule has 170 valence electrons. The molecule has 4 rings (SSSR count). The summed E-state index contributed by atoms with van der Waals surface area (Å²) in [5.41, 5.74) is 4.23. The van der Waals surface area contributed by atoms with Gasteiger partial charge in [-0.05, 0) is 43.2 Å². The Morgan fingerprint density at radius 1 is 0.848 bits per heavy atom. The van der Waals surface area contributed by atoms with E-state index in [0.29, 0.717) is 46.5 Å². The van der Waals surface area contributed by atoms with Crippen molar-refractivity contribution >= 4 is 11.9 Å². The molecule has 0 fully saturated rings. The summed E-state index contributed by atoms with van der Waals surface area (Å²) in [6.45, 7) is 4.35. The number of hydrogen-bond donors (Lipinski definition) is 0. The highest BCUT2D eigenvalue weighted by Gasteiger charge is 2.30. The maximum atomic E-state index is 13.1. The van der Waals surface area contributed by atoms with Crippen molar-refractivity contribution in [3.63, 3.8) is 0 Å². The molecule has 0 amide bonds. The predicted octanol–water partition coefficient (Wildman–Crippen LogP) is 5.52. The Morgan fingerprint density at radius 2 is 1.52 bits per heavy atom. The van der Waals surface area contributed by atoms with E-state index in [2.05, 4.69) is 0 Å². The van der Waals surface area contributed by atoms with Gasteiger partial charge in [-0.25, -0.2) is 0 Å². The molecule has 6 nitrogen and oxygen atoms in total. The SMILES string of the molecule is COc1cc(OC)c(OC)cc1/C=C1\Oc2cc(OCc3ccc(C)cc3)cc(C)c2C1=O. The quantitative estimate of drug-likeness (QED) is 0.445. The van der Waals surface area contributed by atoms with E-state index in [0.717, 1.165) is 11.1 Å². The van der Waals surface area contributed by atoms with Crippen molar-refractivity contribution in [3.8, 4) is 28.7 Å². The number of rotatable bonds is 7. The Morgan fingerprint density at radius 3 is 2.18 bits per heavy atom. The van der Waals surface area contributed by atoms with Crippen molar-refractivity contribution < 1.29 is 28.5 Å². The van der Waals surface area contributed by atoms with Gasteiger partial charge < -0.3 is 23.7 Å². The third kappa shape index (κ3) is 4.51. The van der Waals surface area contributed by atoms with E-state index in [9.17, 15) is 4.79 Å². The zero-order valence-electron chi connectivity index (χ0n) is 19.4. The highest BCUT2D eigenvalue weighted by atomic mass is 16.5. The van der Waals surface area contributed by atoms with Crippen LogP contribution in [0.15, 0.2) is 54.3 Å². The monoisotopic (exact) mass is 446 g/mol. The van der Waals surface area contributed by atoms with Crippen LogP contribution in [0.1, 0.15) is 32.6 Å². The number of allylic oxidation sites excluding steroid dienone is 1. The van der Waals surface area contributed by atoms with Gasteiger partial charge in [0.15, 0.2) is 17.3 Å². The van der Waals surface area contributed by atoms with Crippen LogP contribution in [-0.4, -0.2) is 27.1 Å². The molecule has 0 aliphatic carbocycles. The van der Waals surface area contributed by atoms with Crippen molar-refractivity contribution in [2.45, 2.75) is 20.5 Å². The molecule has 0 saturated heterocycles. The van der Waals surface area contributed by atoms with Gasteiger partial charge in [-0.3, -0.25) is 4.79 Å². The number of ether oxygens (including phenoxy) is 5. The predicted molar refractivity (Wildman–Crippen MR) is 126 cm³/mol. The molecule has 0 aromatic heterocycles. The molecule has 6 heteroatoms. The summed E-state index contributed by atoms with van der Waals surface area (Å²) in [5, 5.41) is 0. The summed E-state index contributed by atoms with van der Waals surface area (Å²) in [6.07, 6.45) is 1.65. The van der Waals surface area contributed by atoms with Gasteiger partial charge in [-0.1, -0.05) is 29.8 Å². The first-order chi connectivity index (χ1) is 15.9. The first kappa shape index (κ1) is 22.3. The van der Waals surface area contributed by atoms with Crippen LogP contribution < -0.4 is 23.7 Å². The Balaban J connectivity index is 1.61. The Kier molecular flexibility index (Phi) is 6.27. The fourth-order valence-corrected chi connectivity index (χ4v) is 3.72. The Labute approximate surface area is 193 Å². The standard InChI is InChI=1S/C27H26O6/c1-16-6-8-18(9-7-16)15-32-20-10-17(2)26-24(13-20)33-25(27(26)28)12-19-11-22(30-4)23(31-5)14-21(19)29-3/h6-14H,15H2,1-5H3/b25-12-. The Bertz CT molecular complexity index is 1220. The van der Waals surface area contributed by atoms with Gasteiger partial charge in [0.25, 0.3) is 0 Å². The second kappa shape index (κ2) is 9.28. The lowest BCUT2D eigenvalue weighted by Gasteiger charge is -2.12. The second-order valence-electron chi connectivity index (χ2n) is 7.78. The van der Waals surface area contributed by atoms with E-state index in [-0.39, 0.29) is 11.5 Å². The molecule has 0 atom stereocenters. The van der Waals surface area contributed by atoms with Crippen LogP contribution in [0.25, 0.3) is 6.08 Å². The van der Waals surface area contributed by atoms with Gasteiger partial charge in [0, 0.05) is 17.7 Å². The smallest absolute Gasteiger partial charge is 0.232 e. The molecule has 0 N–H and O–H groups in total. The number of Topliss-reactive ketones (excluding diaryl/α,β-unsaturated/α-hetero) is 1. The first-order valence-corrected chi connectivity index (χ1v) is 10.5. The second-order valence-corrected chi connectivity index (χ2v) is 7.78. The van der Waals surface area contributed by atoms with E-state index in [1.165, 1.54) is 5.56 Å². The Hall–Kier alpha value is -3.93. The van der Waals surface area contributed by atoms with E-state index in [4.69, 9.17) is 23.7 Å². The van der Waals surface area contributed by atoms with Crippen LogP contribution in [0.4, 0.5) is 0 Å². The highest BCUT2D eigenvalue weighted by Crippen LogP contribution is 2.40. The number of aryl methyl sites for hydroxylation is 2. The zero-order valence-corrected chi connectivity index (χ0v) is 19.4. The van der Waals surface area contributed by atoms with Crippen molar-refractivity contribution in [3.05, 3.63) is 82.1 Å². The normalized spacial score (nSPS) is 13.5. The fourth-order valence-electron chi connectivity index (χ4n) is 3.72. The fraction of sp³-hybridized carbons (Fsp3) is 0.222. The molecule has 0 saturated carbocycles. The molecular formula is C27H26O6. The van der Waals surface area contributed by atoms with Crippen LogP contribution >= 0.6 is 0 Å². The minimum Gasteiger partial charge on any atom is -0.496 e. The molecule has 3 aromatic rings. The van der Waals surface area contributed by atoms with Crippen molar-refractivity contribution in [2.24, 2.45) is 0 Å². The van der Waals surface area contributed by atoms with E-state index < -0.39 is 0 Å². The lowest BCUT2D eigenvalue weighted by atomic mass is 10.0. The molecule has 1 aliphatic rings. The van der Waals surface area contributed by atoms with Gasteiger partial charge in [0.1, 0.15) is 23.9 Å². The van der Waals surface area contributed by atoms with Gasteiger partial charge in [0.2, 0.25) is 5.78 Å². The van der Waals surface area contributed by atoms with Crippen LogP contribution in [0.2, 0.25) is 0 Å². The average molecular weight is 446 g/mol. The molecule has 0 radical (unpaired) electrons. The lowest BCUT2D eigenvalue weighted by molar-refractivity contribution is 0.101. The molecule has 0 unspecified atom stereocenters. The molecule has 0 bridgehead atoms. The molecule has 1 heterocycles. The highest BCUT2D eigenvalue weighted by molar-refractivity contribution is 6.15. The van der Waals surface area contributed by atoms with Gasteiger partial charge in [-0.2, -0.15) is 0 Å². The number of carbonyl (C=O) groups excluding carboxylic acids is 1.